The van der Waals surface area contributed by atoms with Gasteiger partial charge in [-0.2, -0.15) is 15.0 Å². The molecule has 2 aromatic heterocycles. The fraction of sp³-hybridized carbons (Fsp3) is 0.417. The molecule has 2 aromatic rings. The first-order chi connectivity index (χ1) is 9.08. The second-order valence-corrected chi connectivity index (χ2v) is 4.30. The average Bonchev–Trinajstić information content (AvgIpc) is 2.75. The van der Waals surface area contributed by atoms with Crippen LogP contribution in [-0.2, 0) is 0 Å². The Bertz CT molecular complexity index is 558. The van der Waals surface area contributed by atoms with Gasteiger partial charge in [-0.25, -0.2) is 0 Å². The highest BCUT2D eigenvalue weighted by Crippen LogP contribution is 2.20. The molecule has 0 radical (unpaired) electrons. The van der Waals surface area contributed by atoms with Gasteiger partial charge in [0.25, 0.3) is 0 Å². The van der Waals surface area contributed by atoms with E-state index in [4.69, 9.17) is 20.8 Å². The van der Waals surface area contributed by atoms with Crippen LogP contribution in [0.4, 0.5) is 5.95 Å². The van der Waals surface area contributed by atoms with Gasteiger partial charge in [-0.3, -0.25) is 0 Å². The summed E-state index contributed by atoms with van der Waals surface area (Å²) in [6.07, 6.45) is 0. The van der Waals surface area contributed by atoms with Crippen molar-refractivity contribution >= 4 is 17.5 Å². The zero-order valence-corrected chi connectivity index (χ0v) is 11.7. The van der Waals surface area contributed by atoms with E-state index in [1.807, 2.05) is 32.9 Å². The van der Waals surface area contributed by atoms with Gasteiger partial charge >= 0.3 is 6.01 Å². The smallest absolute Gasteiger partial charge is 0.322 e. The number of hydrogen-bond acceptors (Lipinski definition) is 6. The molecular formula is C12H15ClN4O2. The van der Waals surface area contributed by atoms with E-state index in [1.165, 1.54) is 0 Å². The van der Waals surface area contributed by atoms with E-state index < -0.39 is 0 Å². The summed E-state index contributed by atoms with van der Waals surface area (Å²) in [5.74, 6) is 2.00. The predicted octanol–water partition coefficient (Wildman–Crippen LogP) is 3.00. The highest BCUT2D eigenvalue weighted by Gasteiger charge is 2.12. The lowest BCUT2D eigenvalue weighted by Gasteiger charge is -2.11. The Morgan fingerprint density at radius 1 is 1.37 bits per heavy atom. The number of nitrogens with zero attached hydrogens (tertiary/aromatic N) is 3. The first-order valence-electron chi connectivity index (χ1n) is 5.95. The van der Waals surface area contributed by atoms with Gasteiger partial charge in [0.05, 0.1) is 12.6 Å². The van der Waals surface area contributed by atoms with Crippen LogP contribution in [-0.4, -0.2) is 21.6 Å². The molecule has 0 spiro atoms. The van der Waals surface area contributed by atoms with E-state index in [2.05, 4.69) is 20.3 Å². The molecule has 6 nitrogen and oxygen atoms in total. The Kier molecular flexibility index (Phi) is 4.21. The van der Waals surface area contributed by atoms with Gasteiger partial charge in [0.1, 0.15) is 11.5 Å². The third-order valence-electron chi connectivity index (χ3n) is 2.39. The number of aromatic nitrogens is 3. The van der Waals surface area contributed by atoms with Crippen molar-refractivity contribution in [2.24, 2.45) is 0 Å². The molecule has 0 amide bonds. The quantitative estimate of drug-likeness (QED) is 0.909. The first kappa shape index (κ1) is 13.6. The van der Waals surface area contributed by atoms with Crippen molar-refractivity contribution in [3.63, 3.8) is 0 Å². The molecule has 1 atom stereocenters. The van der Waals surface area contributed by atoms with Gasteiger partial charge < -0.3 is 14.5 Å². The third kappa shape index (κ3) is 3.57. The van der Waals surface area contributed by atoms with Crippen LogP contribution in [0.5, 0.6) is 6.01 Å². The van der Waals surface area contributed by atoms with Gasteiger partial charge in [0.15, 0.2) is 0 Å². The first-order valence-corrected chi connectivity index (χ1v) is 6.33. The fourth-order valence-corrected chi connectivity index (χ4v) is 1.69. The van der Waals surface area contributed by atoms with Crippen LogP contribution in [0.1, 0.15) is 31.4 Å². The summed E-state index contributed by atoms with van der Waals surface area (Å²) in [6, 6.07) is 3.92. The van der Waals surface area contributed by atoms with E-state index in [9.17, 15) is 0 Å². The number of nitrogens with one attached hydrogen (secondary N) is 1. The van der Waals surface area contributed by atoms with Crippen molar-refractivity contribution in [2.75, 3.05) is 11.9 Å². The maximum atomic E-state index is 5.81. The highest BCUT2D eigenvalue weighted by atomic mass is 35.5. The highest BCUT2D eigenvalue weighted by molar-refractivity contribution is 6.28. The second-order valence-electron chi connectivity index (χ2n) is 3.96. The predicted molar refractivity (Wildman–Crippen MR) is 71.5 cm³/mol. The molecule has 0 saturated carbocycles. The third-order valence-corrected chi connectivity index (χ3v) is 2.56. The monoisotopic (exact) mass is 282 g/mol. The van der Waals surface area contributed by atoms with Crippen molar-refractivity contribution in [3.05, 3.63) is 28.9 Å². The van der Waals surface area contributed by atoms with Crippen LogP contribution in [0.3, 0.4) is 0 Å². The molecule has 2 heterocycles. The van der Waals surface area contributed by atoms with E-state index >= 15 is 0 Å². The maximum Gasteiger partial charge on any atom is 0.322 e. The number of halogens is 1. The van der Waals surface area contributed by atoms with Crippen LogP contribution in [0, 0.1) is 6.92 Å². The van der Waals surface area contributed by atoms with E-state index in [0.717, 1.165) is 11.5 Å². The summed E-state index contributed by atoms with van der Waals surface area (Å²) in [5, 5.41) is 3.18. The molecule has 0 aliphatic carbocycles. The molecule has 0 aliphatic heterocycles. The number of ether oxygens (including phenoxy) is 1. The molecule has 1 unspecified atom stereocenters. The van der Waals surface area contributed by atoms with Crippen molar-refractivity contribution in [1.82, 2.24) is 15.0 Å². The minimum absolute atomic E-state index is 0.0818. The minimum Gasteiger partial charge on any atom is -0.464 e. The Morgan fingerprint density at radius 3 is 2.79 bits per heavy atom. The van der Waals surface area contributed by atoms with Crippen molar-refractivity contribution in [2.45, 2.75) is 26.8 Å². The van der Waals surface area contributed by atoms with Crippen molar-refractivity contribution in [1.29, 1.82) is 0 Å². The normalized spacial score (nSPS) is 12.2. The Morgan fingerprint density at radius 2 is 2.16 bits per heavy atom. The van der Waals surface area contributed by atoms with Gasteiger partial charge in [0.2, 0.25) is 11.2 Å². The molecule has 2 rings (SSSR count). The summed E-state index contributed by atoms with van der Waals surface area (Å²) >= 11 is 5.81. The lowest BCUT2D eigenvalue weighted by atomic mass is 10.2. The standard InChI is InChI=1S/C12H15ClN4O2/c1-4-18-12-16-10(13)15-11(17-12)14-8(3)9-6-5-7(2)19-9/h5-6,8H,4H2,1-3H3,(H,14,15,16,17). The average molecular weight is 283 g/mol. The number of hydrogen-bond donors (Lipinski definition) is 1. The number of anilines is 1. The van der Waals surface area contributed by atoms with E-state index in [0.29, 0.717) is 12.6 Å². The lowest BCUT2D eigenvalue weighted by Crippen LogP contribution is -2.10. The van der Waals surface area contributed by atoms with Crippen molar-refractivity contribution in [3.8, 4) is 6.01 Å². The van der Waals surface area contributed by atoms with Crippen LogP contribution < -0.4 is 10.1 Å². The lowest BCUT2D eigenvalue weighted by molar-refractivity contribution is 0.311. The van der Waals surface area contributed by atoms with Crippen LogP contribution in [0.2, 0.25) is 5.28 Å². The van der Waals surface area contributed by atoms with E-state index in [-0.39, 0.29) is 17.3 Å². The summed E-state index contributed by atoms with van der Waals surface area (Å²) in [4.78, 5) is 12.0. The fourth-order valence-electron chi connectivity index (χ4n) is 1.54. The van der Waals surface area contributed by atoms with Crippen LogP contribution >= 0.6 is 11.6 Å². The number of furan rings is 1. The molecule has 19 heavy (non-hydrogen) atoms. The molecule has 0 saturated heterocycles. The molecular weight excluding hydrogens is 268 g/mol. The van der Waals surface area contributed by atoms with Crippen LogP contribution in [0.15, 0.2) is 16.5 Å². The minimum atomic E-state index is -0.0818. The number of aryl methyl sites for hydroxylation is 1. The summed E-state index contributed by atoms with van der Waals surface area (Å²) < 4.78 is 10.7. The Labute approximate surface area is 116 Å². The molecule has 0 bridgehead atoms. The summed E-state index contributed by atoms with van der Waals surface area (Å²) in [6.45, 7) is 6.14. The molecule has 7 heteroatoms. The molecule has 0 aromatic carbocycles. The number of rotatable bonds is 5. The Balaban J connectivity index is 2.14. The van der Waals surface area contributed by atoms with Crippen molar-refractivity contribution < 1.29 is 9.15 Å². The summed E-state index contributed by atoms with van der Waals surface area (Å²) in [7, 11) is 0. The largest absolute Gasteiger partial charge is 0.464 e. The van der Waals surface area contributed by atoms with Gasteiger partial charge in [-0.15, -0.1) is 0 Å². The molecule has 0 aliphatic rings. The summed E-state index contributed by atoms with van der Waals surface area (Å²) in [5.41, 5.74) is 0. The van der Waals surface area contributed by atoms with E-state index in [1.54, 1.807) is 0 Å². The topological polar surface area (TPSA) is 73.1 Å². The van der Waals surface area contributed by atoms with Gasteiger partial charge in [0, 0.05) is 0 Å². The van der Waals surface area contributed by atoms with Gasteiger partial charge in [-0.05, 0) is 44.5 Å². The Hall–Kier alpha value is -1.82. The molecule has 102 valence electrons. The molecule has 1 N–H and O–H groups in total. The van der Waals surface area contributed by atoms with Crippen LogP contribution in [0.25, 0.3) is 0 Å². The SMILES string of the molecule is CCOc1nc(Cl)nc(NC(C)c2ccc(C)o2)n1. The van der Waals surface area contributed by atoms with Gasteiger partial charge in [-0.1, -0.05) is 0 Å². The maximum absolute atomic E-state index is 5.81. The zero-order chi connectivity index (χ0) is 13.8. The second kappa shape index (κ2) is 5.88. The zero-order valence-electron chi connectivity index (χ0n) is 11.0. The molecule has 0 fully saturated rings.